The number of rotatable bonds is 7. The molecule has 4 aromatic rings. The predicted molar refractivity (Wildman–Crippen MR) is 132 cm³/mol. The Balaban J connectivity index is 1.88. The highest BCUT2D eigenvalue weighted by Crippen LogP contribution is 2.57. The van der Waals surface area contributed by atoms with E-state index in [4.69, 9.17) is 7.85 Å². The van der Waals surface area contributed by atoms with Crippen LogP contribution in [-0.4, -0.2) is 13.2 Å². The lowest BCUT2D eigenvalue weighted by Crippen LogP contribution is -2.27. The summed E-state index contributed by atoms with van der Waals surface area (Å²) in [5, 5.41) is 5.92. The van der Waals surface area contributed by atoms with Crippen LogP contribution >= 0.6 is 15.8 Å². The Hall–Kier alpha value is -2.20. The van der Waals surface area contributed by atoms with Crippen molar-refractivity contribution in [3.05, 3.63) is 121 Å². The van der Waals surface area contributed by atoms with Crippen molar-refractivity contribution in [3.63, 3.8) is 0 Å². The van der Waals surface area contributed by atoms with Gasteiger partial charge in [-0.2, -0.15) is 0 Å². The van der Waals surface area contributed by atoms with E-state index in [0.717, 1.165) is 0 Å². The second-order valence-corrected chi connectivity index (χ2v) is 12.0. The molecule has 0 aliphatic heterocycles. The summed E-state index contributed by atoms with van der Waals surface area (Å²) in [5.41, 5.74) is 0. The molecule has 4 aromatic carbocycles. The summed E-state index contributed by atoms with van der Waals surface area (Å²) in [5.74, 6) is 0. The van der Waals surface area contributed by atoms with Gasteiger partial charge in [0, 0.05) is 5.40 Å². The van der Waals surface area contributed by atoms with Gasteiger partial charge in [-0.05, 0) is 37.1 Å². The summed E-state index contributed by atoms with van der Waals surface area (Å²) in [4.78, 5) is 0. The molecule has 0 heterocycles. The molecule has 0 aliphatic carbocycles. The lowest BCUT2D eigenvalue weighted by Gasteiger charge is -2.35. The first kappa shape index (κ1) is 20.1. The van der Waals surface area contributed by atoms with Crippen molar-refractivity contribution in [2.24, 2.45) is 0 Å². The van der Waals surface area contributed by atoms with Crippen molar-refractivity contribution < 1.29 is 0 Å². The largest absolute Gasteiger partial charge is 0.0770 e. The van der Waals surface area contributed by atoms with E-state index in [9.17, 15) is 0 Å². The van der Waals surface area contributed by atoms with Gasteiger partial charge in [0.1, 0.15) is 0 Å². The predicted octanol–water partition coefficient (Wildman–Crippen LogP) is 5.17. The highest BCUT2D eigenvalue weighted by atomic mass is 31.2. The molecule has 0 atom stereocenters. The first-order valence-electron chi connectivity index (χ1n) is 9.87. The van der Waals surface area contributed by atoms with E-state index < -0.39 is 15.8 Å². The second kappa shape index (κ2) is 10.0. The van der Waals surface area contributed by atoms with Crippen LogP contribution in [0.15, 0.2) is 121 Å². The fraction of sp³-hybridized carbons (Fsp3) is 0.0769. The third-order valence-corrected chi connectivity index (χ3v) is 11.4. The first-order valence-corrected chi connectivity index (χ1v) is 12.7. The van der Waals surface area contributed by atoms with Crippen molar-refractivity contribution in [3.8, 4) is 0 Å². The van der Waals surface area contributed by atoms with Gasteiger partial charge in [-0.15, -0.1) is 0 Å². The van der Waals surface area contributed by atoms with Crippen LogP contribution in [-0.2, 0) is 0 Å². The third kappa shape index (κ3) is 4.70. The van der Waals surface area contributed by atoms with Crippen LogP contribution < -0.4 is 21.2 Å². The molecule has 29 heavy (non-hydrogen) atoms. The fourth-order valence-corrected chi connectivity index (χ4v) is 10.6. The molecule has 4 rings (SSSR count). The summed E-state index contributed by atoms with van der Waals surface area (Å²) >= 11 is 0. The van der Waals surface area contributed by atoms with Gasteiger partial charge in [0.25, 0.3) is 0 Å². The summed E-state index contributed by atoms with van der Waals surface area (Å²) in [7, 11) is 5.36. The highest BCUT2D eigenvalue weighted by molar-refractivity contribution is 7.89. The third-order valence-electron chi connectivity index (χ3n) is 4.94. The maximum atomic E-state index is 6.56. The van der Waals surface area contributed by atoms with E-state index in [0.29, 0.717) is 11.7 Å². The van der Waals surface area contributed by atoms with Crippen molar-refractivity contribution in [2.45, 2.75) is 11.7 Å². The van der Waals surface area contributed by atoms with E-state index in [1.165, 1.54) is 21.2 Å². The zero-order chi connectivity index (χ0) is 19.9. The minimum absolute atomic E-state index is 0.356. The van der Waals surface area contributed by atoms with Gasteiger partial charge in [0.15, 0.2) is 0 Å². The van der Waals surface area contributed by atoms with Gasteiger partial charge in [-0.1, -0.05) is 128 Å². The van der Waals surface area contributed by atoms with Crippen molar-refractivity contribution in [1.29, 1.82) is 0 Å². The zero-order valence-electron chi connectivity index (χ0n) is 16.3. The first-order chi connectivity index (χ1) is 14.4. The smallest absolute Gasteiger partial charge is 0.0666 e. The SMILES string of the molecule is [B]CC(P(c1ccccc1)c1ccccc1)P(c1ccccc1)c1ccccc1. The fourth-order valence-electron chi connectivity index (χ4n) is 3.67. The van der Waals surface area contributed by atoms with Crippen LogP contribution in [0.5, 0.6) is 0 Å². The Morgan fingerprint density at radius 2 is 0.690 bits per heavy atom. The standard InChI is InChI=1S/C26H23BP2/c27-21-26(28(22-13-5-1-6-14-22)23-15-7-2-8-16-23)29(24-17-9-3-10-18-24)25-19-11-4-12-20-25/h1-20,26H,21H2. The van der Waals surface area contributed by atoms with E-state index >= 15 is 0 Å². The summed E-state index contributed by atoms with van der Waals surface area (Å²) in [6.07, 6.45) is 0.658. The van der Waals surface area contributed by atoms with Crippen molar-refractivity contribution in [1.82, 2.24) is 0 Å². The molecule has 2 radical (unpaired) electrons. The topological polar surface area (TPSA) is 0 Å². The van der Waals surface area contributed by atoms with Gasteiger partial charge in [-0.25, -0.2) is 0 Å². The molecule has 0 saturated heterocycles. The Bertz CT molecular complexity index is 830. The molecule has 0 unspecified atom stereocenters. The van der Waals surface area contributed by atoms with Crippen LogP contribution in [0.25, 0.3) is 0 Å². The number of hydrogen-bond donors (Lipinski definition) is 0. The molecule has 0 fully saturated rings. The number of hydrogen-bond acceptors (Lipinski definition) is 0. The number of benzene rings is 4. The molecule has 0 bridgehead atoms. The van der Waals surface area contributed by atoms with E-state index in [1.54, 1.807) is 0 Å². The quantitative estimate of drug-likeness (QED) is 0.293. The van der Waals surface area contributed by atoms with Gasteiger partial charge in [-0.3, -0.25) is 0 Å². The lowest BCUT2D eigenvalue weighted by atomic mass is 10.1. The molecule has 0 aliphatic rings. The molecular formula is C26H23BP2. The van der Waals surface area contributed by atoms with Crippen LogP contribution in [0, 0.1) is 0 Å². The average molecular weight is 408 g/mol. The van der Waals surface area contributed by atoms with E-state index in [-0.39, 0.29) is 0 Å². The van der Waals surface area contributed by atoms with Gasteiger partial charge in [0.05, 0.1) is 7.85 Å². The van der Waals surface area contributed by atoms with Crippen molar-refractivity contribution in [2.75, 3.05) is 0 Å². The Kier molecular flexibility index (Phi) is 6.94. The highest BCUT2D eigenvalue weighted by Gasteiger charge is 2.31. The lowest BCUT2D eigenvalue weighted by molar-refractivity contribution is 1.37. The molecule has 0 N–H and O–H groups in total. The maximum absolute atomic E-state index is 6.56. The summed E-state index contributed by atoms with van der Waals surface area (Å²) in [6, 6.07) is 43.7. The van der Waals surface area contributed by atoms with Crippen molar-refractivity contribution >= 4 is 44.9 Å². The second-order valence-electron chi connectivity index (χ2n) is 6.80. The molecule has 140 valence electrons. The van der Waals surface area contributed by atoms with Crippen LogP contribution in [0.2, 0.25) is 6.32 Å². The molecule has 0 aromatic heterocycles. The molecular weight excluding hydrogens is 385 g/mol. The minimum atomic E-state index is -0.597. The molecule has 0 amide bonds. The van der Waals surface area contributed by atoms with Crippen LogP contribution in [0.3, 0.4) is 0 Å². The molecule has 3 heteroatoms. The zero-order valence-corrected chi connectivity index (χ0v) is 18.1. The Morgan fingerprint density at radius 3 is 0.897 bits per heavy atom. The minimum Gasteiger partial charge on any atom is -0.0770 e. The van der Waals surface area contributed by atoms with E-state index in [1.807, 2.05) is 0 Å². The normalized spacial score (nSPS) is 11.3. The Labute approximate surface area is 177 Å². The average Bonchev–Trinajstić information content (AvgIpc) is 2.81. The van der Waals surface area contributed by atoms with Crippen LogP contribution in [0.4, 0.5) is 0 Å². The monoisotopic (exact) mass is 408 g/mol. The summed E-state index contributed by atoms with van der Waals surface area (Å²) in [6.45, 7) is 0. The van der Waals surface area contributed by atoms with E-state index in [2.05, 4.69) is 121 Å². The maximum Gasteiger partial charge on any atom is 0.0666 e. The van der Waals surface area contributed by atoms with Crippen LogP contribution in [0.1, 0.15) is 0 Å². The van der Waals surface area contributed by atoms with Gasteiger partial charge >= 0.3 is 0 Å². The molecule has 0 nitrogen and oxygen atoms in total. The molecule has 0 spiro atoms. The summed E-state index contributed by atoms with van der Waals surface area (Å²) < 4.78 is 0. The van der Waals surface area contributed by atoms with Gasteiger partial charge in [0.2, 0.25) is 0 Å². The Morgan fingerprint density at radius 1 is 0.448 bits per heavy atom. The molecule has 0 saturated carbocycles. The van der Waals surface area contributed by atoms with Gasteiger partial charge < -0.3 is 0 Å².